The van der Waals surface area contributed by atoms with E-state index in [-0.39, 0.29) is 0 Å². The van der Waals surface area contributed by atoms with Gasteiger partial charge in [-0.15, -0.1) is 12.3 Å². The van der Waals surface area contributed by atoms with Gasteiger partial charge in [0.15, 0.2) is 0 Å². The van der Waals surface area contributed by atoms with Gasteiger partial charge in [-0.25, -0.2) is 0 Å². The third-order valence-electron chi connectivity index (χ3n) is 1.59. The Kier molecular flexibility index (Phi) is 1.55. The maximum Gasteiger partial charge on any atom is 0.0685 e. The van der Waals surface area contributed by atoms with E-state index in [1.54, 1.807) is 0 Å². The van der Waals surface area contributed by atoms with Crippen molar-refractivity contribution in [2.75, 3.05) is 6.61 Å². The summed E-state index contributed by atoms with van der Waals surface area (Å²) in [4.78, 5) is 0. The predicted molar refractivity (Wildman–Crippen MR) is 32.4 cm³/mol. The van der Waals surface area contributed by atoms with Crippen LogP contribution in [0.1, 0.15) is 13.3 Å². The second-order valence-electron chi connectivity index (χ2n) is 2.14. The molecule has 8 heavy (non-hydrogen) atoms. The molecule has 0 aliphatic carbocycles. The van der Waals surface area contributed by atoms with Crippen molar-refractivity contribution in [3.05, 3.63) is 0 Å². The molecule has 1 nitrogen and oxygen atoms in total. The zero-order valence-electron chi connectivity index (χ0n) is 5.05. The van der Waals surface area contributed by atoms with E-state index in [2.05, 4.69) is 5.92 Å². The molecule has 1 rings (SSSR count). The Bertz CT molecular complexity index is 112. The monoisotopic (exact) mass is 110 g/mol. The minimum absolute atomic E-state index is 0.292. The third kappa shape index (κ3) is 0.850. The first-order valence-electron chi connectivity index (χ1n) is 2.92. The molecule has 0 aromatic carbocycles. The molecular formula is C7H10O. The summed E-state index contributed by atoms with van der Waals surface area (Å²) in [5, 5.41) is 0. The lowest BCUT2D eigenvalue weighted by atomic mass is 10.1. The Labute approximate surface area is 50.0 Å². The van der Waals surface area contributed by atoms with E-state index in [0.717, 1.165) is 13.0 Å². The molecule has 0 amide bonds. The van der Waals surface area contributed by atoms with E-state index in [4.69, 9.17) is 11.2 Å². The van der Waals surface area contributed by atoms with Crippen LogP contribution in [-0.2, 0) is 4.74 Å². The molecular weight excluding hydrogens is 100 g/mol. The highest BCUT2D eigenvalue weighted by Gasteiger charge is 2.21. The summed E-state index contributed by atoms with van der Waals surface area (Å²) in [6.45, 7) is 2.87. The molecule has 1 aliphatic heterocycles. The standard InChI is InChI=1S/C7H10O/c1-3-7-4-5-8-6(7)2/h1,6-7H,4-5H2,2H3/t6-,7-/m1/s1. The van der Waals surface area contributed by atoms with Crippen LogP contribution in [-0.4, -0.2) is 12.7 Å². The lowest BCUT2D eigenvalue weighted by molar-refractivity contribution is 0.115. The quantitative estimate of drug-likeness (QED) is 0.423. The molecule has 0 bridgehead atoms. The highest BCUT2D eigenvalue weighted by atomic mass is 16.5. The fraction of sp³-hybridized carbons (Fsp3) is 0.714. The fourth-order valence-electron chi connectivity index (χ4n) is 0.951. The minimum atomic E-state index is 0.292. The van der Waals surface area contributed by atoms with Crippen molar-refractivity contribution in [3.63, 3.8) is 0 Å². The summed E-state index contributed by atoms with van der Waals surface area (Å²) < 4.78 is 5.21. The Morgan fingerprint density at radius 1 is 1.75 bits per heavy atom. The Balaban J connectivity index is 2.45. The lowest BCUT2D eigenvalue weighted by Gasteiger charge is -2.03. The highest BCUT2D eigenvalue weighted by Crippen LogP contribution is 2.18. The maximum absolute atomic E-state index is 5.21. The van der Waals surface area contributed by atoms with Crippen LogP contribution in [0.5, 0.6) is 0 Å². The van der Waals surface area contributed by atoms with Gasteiger partial charge in [0.05, 0.1) is 6.10 Å². The van der Waals surface area contributed by atoms with Crippen LogP contribution in [0.25, 0.3) is 0 Å². The second-order valence-corrected chi connectivity index (χ2v) is 2.14. The third-order valence-corrected chi connectivity index (χ3v) is 1.59. The van der Waals surface area contributed by atoms with Crippen molar-refractivity contribution in [1.29, 1.82) is 0 Å². The van der Waals surface area contributed by atoms with Crippen molar-refractivity contribution >= 4 is 0 Å². The van der Waals surface area contributed by atoms with Gasteiger partial charge in [0.2, 0.25) is 0 Å². The number of hydrogen-bond donors (Lipinski definition) is 0. The molecule has 1 saturated heterocycles. The summed E-state index contributed by atoms with van der Waals surface area (Å²) in [5.74, 6) is 3.06. The first kappa shape index (κ1) is 5.65. The van der Waals surface area contributed by atoms with E-state index in [0.29, 0.717) is 12.0 Å². The minimum Gasteiger partial charge on any atom is -0.377 e. The molecule has 1 heteroatoms. The van der Waals surface area contributed by atoms with Crippen LogP contribution >= 0.6 is 0 Å². The highest BCUT2D eigenvalue weighted by molar-refractivity contribution is 4.98. The molecule has 0 aromatic heterocycles. The molecule has 0 spiro atoms. The molecule has 0 saturated carbocycles. The van der Waals surface area contributed by atoms with E-state index in [1.165, 1.54) is 0 Å². The summed E-state index contributed by atoms with van der Waals surface area (Å²) in [7, 11) is 0. The zero-order chi connectivity index (χ0) is 5.98. The largest absolute Gasteiger partial charge is 0.377 e. The van der Waals surface area contributed by atoms with Crippen LogP contribution in [0.4, 0.5) is 0 Å². The first-order chi connectivity index (χ1) is 3.84. The van der Waals surface area contributed by atoms with Crippen LogP contribution in [0.3, 0.4) is 0 Å². The average Bonchev–Trinajstić information content (AvgIpc) is 2.14. The average molecular weight is 110 g/mol. The van der Waals surface area contributed by atoms with Gasteiger partial charge in [0.1, 0.15) is 0 Å². The normalized spacial score (nSPS) is 37.0. The number of hydrogen-bond acceptors (Lipinski definition) is 1. The molecule has 2 atom stereocenters. The molecule has 1 heterocycles. The van der Waals surface area contributed by atoms with Crippen molar-refractivity contribution in [3.8, 4) is 12.3 Å². The molecule has 0 N–H and O–H groups in total. The smallest absolute Gasteiger partial charge is 0.0685 e. The van der Waals surface area contributed by atoms with Crippen LogP contribution < -0.4 is 0 Å². The van der Waals surface area contributed by atoms with Crippen LogP contribution in [0.15, 0.2) is 0 Å². The van der Waals surface area contributed by atoms with Gasteiger partial charge in [-0.1, -0.05) is 0 Å². The van der Waals surface area contributed by atoms with Gasteiger partial charge in [0.25, 0.3) is 0 Å². The molecule has 1 fully saturated rings. The number of terminal acetylenes is 1. The van der Waals surface area contributed by atoms with E-state index < -0.39 is 0 Å². The number of rotatable bonds is 0. The first-order valence-corrected chi connectivity index (χ1v) is 2.92. The molecule has 0 radical (unpaired) electrons. The van der Waals surface area contributed by atoms with E-state index in [1.807, 2.05) is 6.92 Å². The van der Waals surface area contributed by atoms with E-state index >= 15 is 0 Å². The fourth-order valence-corrected chi connectivity index (χ4v) is 0.951. The summed E-state index contributed by atoms with van der Waals surface area (Å²) in [6.07, 6.45) is 6.53. The van der Waals surface area contributed by atoms with Crippen molar-refractivity contribution < 1.29 is 4.74 Å². The Morgan fingerprint density at radius 3 is 2.75 bits per heavy atom. The SMILES string of the molecule is C#C[C@@H]1CCO[C@@H]1C. The van der Waals surface area contributed by atoms with Gasteiger partial charge in [-0.05, 0) is 13.3 Å². The predicted octanol–water partition coefficient (Wildman–Crippen LogP) is 1.04. The van der Waals surface area contributed by atoms with Crippen LogP contribution in [0, 0.1) is 18.3 Å². The van der Waals surface area contributed by atoms with Crippen molar-refractivity contribution in [1.82, 2.24) is 0 Å². The van der Waals surface area contributed by atoms with Crippen molar-refractivity contribution in [2.24, 2.45) is 5.92 Å². The van der Waals surface area contributed by atoms with Crippen LogP contribution in [0.2, 0.25) is 0 Å². The van der Waals surface area contributed by atoms with Gasteiger partial charge < -0.3 is 4.74 Å². The Hall–Kier alpha value is -0.480. The van der Waals surface area contributed by atoms with Gasteiger partial charge in [-0.3, -0.25) is 0 Å². The molecule has 44 valence electrons. The zero-order valence-corrected chi connectivity index (χ0v) is 5.05. The Morgan fingerprint density at radius 2 is 2.50 bits per heavy atom. The molecule has 0 unspecified atom stereocenters. The second kappa shape index (κ2) is 2.19. The van der Waals surface area contributed by atoms with Gasteiger partial charge in [0, 0.05) is 12.5 Å². The summed E-state index contributed by atoms with van der Waals surface area (Å²) >= 11 is 0. The van der Waals surface area contributed by atoms with Crippen molar-refractivity contribution in [2.45, 2.75) is 19.4 Å². The maximum atomic E-state index is 5.21. The van der Waals surface area contributed by atoms with Gasteiger partial charge in [-0.2, -0.15) is 0 Å². The van der Waals surface area contributed by atoms with Gasteiger partial charge >= 0.3 is 0 Å². The molecule has 0 aromatic rings. The lowest BCUT2D eigenvalue weighted by Crippen LogP contribution is -2.07. The van der Waals surface area contributed by atoms with E-state index in [9.17, 15) is 0 Å². The molecule has 1 aliphatic rings. The summed E-state index contributed by atoms with van der Waals surface area (Å²) in [6, 6.07) is 0. The number of ether oxygens (including phenoxy) is 1. The summed E-state index contributed by atoms with van der Waals surface area (Å²) in [5.41, 5.74) is 0. The topological polar surface area (TPSA) is 9.23 Å².